The lowest BCUT2D eigenvalue weighted by atomic mass is 9.98. The molecule has 2 aromatic carbocycles. The second-order valence-corrected chi connectivity index (χ2v) is 8.10. The second-order valence-electron chi connectivity index (χ2n) is 8.10. The van der Waals surface area contributed by atoms with Crippen LogP contribution >= 0.6 is 0 Å². The number of aromatic nitrogens is 1. The quantitative estimate of drug-likeness (QED) is 0.624. The first-order chi connectivity index (χ1) is 16.0. The van der Waals surface area contributed by atoms with E-state index in [9.17, 15) is 14.4 Å². The maximum atomic E-state index is 12.7. The second kappa shape index (κ2) is 8.38. The number of carbonyl (C=O) groups excluding carboxylic acids is 2. The smallest absolute Gasteiger partial charge is 0.411 e. The van der Waals surface area contributed by atoms with Crippen molar-refractivity contribution in [1.29, 1.82) is 0 Å². The topological polar surface area (TPSA) is 109 Å². The van der Waals surface area contributed by atoms with E-state index in [2.05, 4.69) is 22.4 Å². The number of carboxylic acid groups (broad SMARTS) is 1. The number of rotatable bonds is 5. The molecule has 1 saturated heterocycles. The largest absolute Gasteiger partial charge is 0.481 e. The van der Waals surface area contributed by atoms with Crippen LogP contribution in [0.3, 0.4) is 0 Å². The normalized spacial score (nSPS) is 14.7. The Labute approximate surface area is 189 Å². The van der Waals surface area contributed by atoms with Crippen LogP contribution in [0.4, 0.5) is 10.5 Å². The molecule has 1 aromatic heterocycles. The van der Waals surface area contributed by atoms with Crippen molar-refractivity contribution in [1.82, 2.24) is 9.88 Å². The third-order valence-electron chi connectivity index (χ3n) is 6.11. The number of ether oxygens (including phenoxy) is 1. The van der Waals surface area contributed by atoms with Crippen molar-refractivity contribution >= 4 is 23.7 Å². The zero-order chi connectivity index (χ0) is 22.9. The molecule has 1 aliphatic heterocycles. The molecule has 0 bridgehead atoms. The lowest BCUT2D eigenvalue weighted by Gasteiger charge is -2.36. The molecule has 2 aliphatic rings. The number of pyridine rings is 1. The fourth-order valence-electron chi connectivity index (χ4n) is 4.37. The van der Waals surface area contributed by atoms with Crippen LogP contribution in [0, 0.1) is 5.92 Å². The minimum atomic E-state index is -0.933. The number of carboxylic acids is 1. The molecule has 1 fully saturated rings. The van der Waals surface area contributed by atoms with Crippen LogP contribution in [0.15, 0.2) is 66.9 Å². The Morgan fingerprint density at radius 3 is 2.24 bits per heavy atom. The Hall–Kier alpha value is -4.20. The monoisotopic (exact) mass is 443 g/mol. The van der Waals surface area contributed by atoms with Crippen LogP contribution in [0.1, 0.15) is 27.5 Å². The first-order valence-electron chi connectivity index (χ1n) is 10.6. The molecule has 0 atom stereocenters. The van der Waals surface area contributed by atoms with Gasteiger partial charge in [0.15, 0.2) is 5.69 Å². The van der Waals surface area contributed by atoms with Gasteiger partial charge in [-0.05, 0) is 34.4 Å². The summed E-state index contributed by atoms with van der Waals surface area (Å²) < 4.78 is 5.55. The molecule has 2 heterocycles. The predicted octanol–water partition coefficient (Wildman–Crippen LogP) is 3.60. The van der Waals surface area contributed by atoms with E-state index in [-0.39, 0.29) is 37.0 Å². The maximum Gasteiger partial charge on any atom is 0.411 e. The number of aliphatic carboxylic acids is 1. The molecule has 0 saturated carbocycles. The minimum Gasteiger partial charge on any atom is -0.481 e. The highest BCUT2D eigenvalue weighted by Crippen LogP contribution is 2.44. The van der Waals surface area contributed by atoms with E-state index in [1.807, 2.05) is 36.4 Å². The van der Waals surface area contributed by atoms with Gasteiger partial charge in [0, 0.05) is 25.2 Å². The van der Waals surface area contributed by atoms with Gasteiger partial charge >= 0.3 is 12.1 Å². The summed E-state index contributed by atoms with van der Waals surface area (Å²) in [6.45, 7) is 0.389. The summed E-state index contributed by atoms with van der Waals surface area (Å²) in [4.78, 5) is 41.8. The van der Waals surface area contributed by atoms with Crippen LogP contribution in [0.5, 0.6) is 0 Å². The molecule has 1 aliphatic carbocycles. The van der Waals surface area contributed by atoms with Crippen LogP contribution in [-0.4, -0.2) is 52.7 Å². The van der Waals surface area contributed by atoms with Crippen molar-refractivity contribution in [2.75, 3.05) is 25.0 Å². The van der Waals surface area contributed by atoms with Crippen molar-refractivity contribution in [3.63, 3.8) is 0 Å². The number of carbonyl (C=O) groups is 3. The van der Waals surface area contributed by atoms with E-state index in [1.165, 1.54) is 11.1 Å². The van der Waals surface area contributed by atoms with Gasteiger partial charge in [-0.2, -0.15) is 0 Å². The number of hydrogen-bond acceptors (Lipinski definition) is 5. The van der Waals surface area contributed by atoms with E-state index in [4.69, 9.17) is 9.84 Å². The van der Waals surface area contributed by atoms with Crippen LogP contribution in [0.2, 0.25) is 0 Å². The summed E-state index contributed by atoms with van der Waals surface area (Å²) in [6, 6.07) is 19.3. The van der Waals surface area contributed by atoms with E-state index in [1.54, 1.807) is 12.1 Å². The average molecular weight is 443 g/mol. The van der Waals surface area contributed by atoms with Crippen molar-refractivity contribution in [2.45, 2.75) is 5.92 Å². The maximum absolute atomic E-state index is 12.7. The van der Waals surface area contributed by atoms with Gasteiger partial charge in [-0.1, -0.05) is 48.5 Å². The highest BCUT2D eigenvalue weighted by atomic mass is 16.5. The molecule has 8 heteroatoms. The number of likely N-dealkylation sites (tertiary alicyclic amines) is 1. The first kappa shape index (κ1) is 20.7. The van der Waals surface area contributed by atoms with E-state index < -0.39 is 23.9 Å². The molecule has 5 rings (SSSR count). The summed E-state index contributed by atoms with van der Waals surface area (Å²) in [6.07, 6.45) is 0.760. The summed E-state index contributed by atoms with van der Waals surface area (Å²) in [5, 5.41) is 11.6. The number of benzene rings is 2. The highest BCUT2D eigenvalue weighted by Gasteiger charge is 2.37. The fraction of sp³-hybridized carbons (Fsp3) is 0.200. The number of nitrogens with one attached hydrogen (secondary N) is 1. The summed E-state index contributed by atoms with van der Waals surface area (Å²) >= 11 is 0. The highest BCUT2D eigenvalue weighted by molar-refractivity contribution is 6.01. The number of nitrogens with zero attached hydrogens (tertiary/aromatic N) is 2. The number of fused-ring (bicyclic) bond motifs is 3. The molecule has 0 spiro atoms. The molecule has 33 heavy (non-hydrogen) atoms. The van der Waals surface area contributed by atoms with Gasteiger partial charge in [-0.25, -0.2) is 9.78 Å². The summed E-state index contributed by atoms with van der Waals surface area (Å²) in [7, 11) is 0. The van der Waals surface area contributed by atoms with Crippen molar-refractivity contribution in [3.05, 3.63) is 83.7 Å². The van der Waals surface area contributed by atoms with Crippen molar-refractivity contribution in [3.8, 4) is 11.1 Å². The average Bonchev–Trinajstić information content (AvgIpc) is 3.10. The molecule has 166 valence electrons. The molecule has 8 nitrogen and oxygen atoms in total. The first-order valence-corrected chi connectivity index (χ1v) is 10.6. The Morgan fingerprint density at radius 1 is 0.970 bits per heavy atom. The van der Waals surface area contributed by atoms with E-state index in [0.29, 0.717) is 0 Å². The van der Waals surface area contributed by atoms with E-state index >= 15 is 0 Å². The van der Waals surface area contributed by atoms with Crippen LogP contribution < -0.4 is 5.32 Å². The van der Waals surface area contributed by atoms with Crippen molar-refractivity contribution < 1.29 is 24.2 Å². The SMILES string of the molecule is O=C(Nc1cccnc1C(=O)N1CC(C(=O)O)C1)OCC1c2ccccc2-c2ccccc21. The molecule has 2 N–H and O–H groups in total. The molecule has 0 unspecified atom stereocenters. The molecular weight excluding hydrogens is 422 g/mol. The number of anilines is 1. The molecule has 2 amide bonds. The van der Waals surface area contributed by atoms with Gasteiger partial charge in [0.1, 0.15) is 6.61 Å². The van der Waals surface area contributed by atoms with E-state index in [0.717, 1.165) is 22.3 Å². The number of hydrogen-bond donors (Lipinski definition) is 2. The lowest BCUT2D eigenvalue weighted by molar-refractivity contribution is -0.146. The number of amides is 2. The lowest BCUT2D eigenvalue weighted by Crippen LogP contribution is -2.53. The third kappa shape index (κ3) is 3.80. The summed E-state index contributed by atoms with van der Waals surface area (Å²) in [5.74, 6) is -2.01. The molecule has 3 aromatic rings. The van der Waals surface area contributed by atoms with Gasteiger partial charge in [0.25, 0.3) is 5.91 Å². The van der Waals surface area contributed by atoms with Crippen LogP contribution in [-0.2, 0) is 9.53 Å². The van der Waals surface area contributed by atoms with Gasteiger partial charge in [-0.15, -0.1) is 0 Å². The van der Waals surface area contributed by atoms with Crippen molar-refractivity contribution in [2.24, 2.45) is 5.92 Å². The minimum absolute atomic E-state index is 0.0508. The summed E-state index contributed by atoms with van der Waals surface area (Å²) in [5.41, 5.74) is 4.75. The Morgan fingerprint density at radius 2 is 1.61 bits per heavy atom. The Bertz CT molecular complexity index is 1210. The zero-order valence-corrected chi connectivity index (χ0v) is 17.6. The standard InChI is InChI=1S/C25H21N3O5/c29-23(28-12-15(13-28)24(30)31)22-21(10-5-11-26-22)27-25(32)33-14-20-18-8-3-1-6-16(18)17-7-2-4-9-19(17)20/h1-11,15,20H,12-14H2,(H,27,32)(H,30,31). The van der Waals surface area contributed by atoms with Gasteiger partial charge in [0.2, 0.25) is 0 Å². The Balaban J connectivity index is 1.27. The van der Waals surface area contributed by atoms with Gasteiger partial charge < -0.3 is 14.7 Å². The molecule has 0 radical (unpaired) electrons. The van der Waals surface area contributed by atoms with Gasteiger partial charge in [0.05, 0.1) is 11.6 Å². The zero-order valence-electron chi connectivity index (χ0n) is 17.6. The van der Waals surface area contributed by atoms with Crippen LogP contribution in [0.25, 0.3) is 11.1 Å². The molecular formula is C25H21N3O5. The Kier molecular flexibility index (Phi) is 5.26. The predicted molar refractivity (Wildman–Crippen MR) is 120 cm³/mol. The third-order valence-corrected chi connectivity index (χ3v) is 6.11. The fourth-order valence-corrected chi connectivity index (χ4v) is 4.37. The van der Waals surface area contributed by atoms with Gasteiger partial charge in [-0.3, -0.25) is 14.9 Å².